The van der Waals surface area contributed by atoms with E-state index in [2.05, 4.69) is 9.46 Å². The molecule has 0 amide bonds. The standard InChI is InChI=1S/C13H20F2N2O3S.ClH/c1-3-13(16,4-2)9-17-21(18,19)11-8-6-5-7-10(11)20-12(14)15;/h5-8,12,17H,3-4,9,16H2,1-2H3;1H. The number of nitrogens with two attached hydrogens (primary N) is 1. The molecule has 0 saturated heterocycles. The quantitative estimate of drug-likeness (QED) is 0.748. The van der Waals surface area contributed by atoms with Crippen molar-refractivity contribution >= 4 is 22.4 Å². The lowest BCUT2D eigenvalue weighted by Gasteiger charge is -2.26. The van der Waals surface area contributed by atoms with E-state index in [0.29, 0.717) is 12.8 Å². The minimum absolute atomic E-state index is 0. The van der Waals surface area contributed by atoms with Crippen LogP contribution in [0.2, 0.25) is 0 Å². The van der Waals surface area contributed by atoms with E-state index >= 15 is 0 Å². The number of nitrogens with one attached hydrogen (secondary N) is 1. The molecule has 1 rings (SSSR count). The molecule has 1 aromatic rings. The van der Waals surface area contributed by atoms with Crippen LogP contribution in [0.15, 0.2) is 29.2 Å². The average molecular weight is 359 g/mol. The Hall–Kier alpha value is -0.960. The number of benzene rings is 1. The Kier molecular flexibility index (Phi) is 8.24. The molecule has 0 aliphatic rings. The van der Waals surface area contributed by atoms with Gasteiger partial charge in [0.1, 0.15) is 10.6 Å². The van der Waals surface area contributed by atoms with Crippen LogP contribution in [0.4, 0.5) is 8.78 Å². The van der Waals surface area contributed by atoms with Crippen LogP contribution in [0.25, 0.3) is 0 Å². The van der Waals surface area contributed by atoms with E-state index in [1.54, 1.807) is 0 Å². The van der Waals surface area contributed by atoms with Crippen LogP contribution < -0.4 is 15.2 Å². The van der Waals surface area contributed by atoms with Crippen molar-refractivity contribution in [3.63, 3.8) is 0 Å². The molecule has 0 unspecified atom stereocenters. The molecule has 0 radical (unpaired) electrons. The summed E-state index contributed by atoms with van der Waals surface area (Å²) in [5.74, 6) is -0.393. The normalized spacial score (nSPS) is 12.1. The Balaban J connectivity index is 0.00000441. The van der Waals surface area contributed by atoms with Gasteiger partial charge in [-0.2, -0.15) is 8.78 Å². The largest absolute Gasteiger partial charge is 0.433 e. The zero-order valence-electron chi connectivity index (χ0n) is 12.4. The average Bonchev–Trinajstić information content (AvgIpc) is 2.45. The van der Waals surface area contributed by atoms with Crippen LogP contribution in [0.1, 0.15) is 26.7 Å². The number of sulfonamides is 1. The fraction of sp³-hybridized carbons (Fsp3) is 0.538. The highest BCUT2D eigenvalue weighted by atomic mass is 35.5. The fourth-order valence-electron chi connectivity index (χ4n) is 1.68. The van der Waals surface area contributed by atoms with Crippen LogP contribution in [-0.2, 0) is 10.0 Å². The Bertz CT molecular complexity index is 566. The topological polar surface area (TPSA) is 81.4 Å². The van der Waals surface area contributed by atoms with Crippen molar-refractivity contribution in [2.45, 2.75) is 43.7 Å². The van der Waals surface area contributed by atoms with E-state index in [-0.39, 0.29) is 23.8 Å². The minimum atomic E-state index is -3.98. The summed E-state index contributed by atoms with van der Waals surface area (Å²) in [6, 6.07) is 5.23. The Morgan fingerprint density at radius 2 is 1.82 bits per heavy atom. The van der Waals surface area contributed by atoms with Gasteiger partial charge < -0.3 is 10.5 Å². The summed E-state index contributed by atoms with van der Waals surface area (Å²) in [6.45, 7) is 0.629. The summed E-state index contributed by atoms with van der Waals surface area (Å²) in [6.07, 6.45) is 1.17. The number of rotatable bonds is 8. The van der Waals surface area contributed by atoms with Gasteiger partial charge in [-0.1, -0.05) is 26.0 Å². The molecule has 3 N–H and O–H groups in total. The summed E-state index contributed by atoms with van der Waals surface area (Å²) in [5, 5.41) is 0. The summed E-state index contributed by atoms with van der Waals surface area (Å²) >= 11 is 0. The minimum Gasteiger partial charge on any atom is -0.433 e. The Morgan fingerprint density at radius 3 is 2.32 bits per heavy atom. The van der Waals surface area contributed by atoms with Crippen LogP contribution in [0, 0.1) is 0 Å². The van der Waals surface area contributed by atoms with Gasteiger partial charge in [0.05, 0.1) is 0 Å². The molecule has 0 heterocycles. The molecule has 5 nitrogen and oxygen atoms in total. The maximum Gasteiger partial charge on any atom is 0.387 e. The van der Waals surface area contributed by atoms with Gasteiger partial charge in [-0.25, -0.2) is 13.1 Å². The van der Waals surface area contributed by atoms with E-state index in [9.17, 15) is 17.2 Å². The monoisotopic (exact) mass is 358 g/mol. The maximum absolute atomic E-state index is 12.3. The van der Waals surface area contributed by atoms with Gasteiger partial charge in [-0.3, -0.25) is 0 Å². The van der Waals surface area contributed by atoms with Gasteiger partial charge in [-0.05, 0) is 25.0 Å². The first-order valence-electron chi connectivity index (χ1n) is 6.56. The van der Waals surface area contributed by atoms with Crippen LogP contribution in [-0.4, -0.2) is 27.1 Å². The van der Waals surface area contributed by atoms with Gasteiger partial charge in [0, 0.05) is 12.1 Å². The van der Waals surface area contributed by atoms with Crippen molar-refractivity contribution in [1.82, 2.24) is 4.72 Å². The predicted octanol–water partition coefficient (Wildman–Crippen LogP) is 2.51. The smallest absolute Gasteiger partial charge is 0.387 e. The van der Waals surface area contributed by atoms with Gasteiger partial charge in [0.25, 0.3) is 0 Å². The molecular formula is C13H21ClF2N2O3S. The third-order valence-electron chi connectivity index (χ3n) is 3.38. The predicted molar refractivity (Wildman–Crippen MR) is 83.0 cm³/mol. The highest BCUT2D eigenvalue weighted by Crippen LogP contribution is 2.25. The van der Waals surface area contributed by atoms with Gasteiger partial charge in [0.2, 0.25) is 10.0 Å². The summed E-state index contributed by atoms with van der Waals surface area (Å²) in [5.41, 5.74) is 5.35. The van der Waals surface area contributed by atoms with Crippen molar-refractivity contribution in [3.8, 4) is 5.75 Å². The third-order valence-corrected chi connectivity index (χ3v) is 4.82. The molecule has 0 atom stereocenters. The summed E-state index contributed by atoms with van der Waals surface area (Å²) in [7, 11) is -3.98. The number of ether oxygens (including phenoxy) is 1. The molecule has 0 aliphatic carbocycles. The summed E-state index contributed by atoms with van der Waals surface area (Å²) < 4.78 is 55.7. The Labute approximate surface area is 135 Å². The number of alkyl halides is 2. The van der Waals surface area contributed by atoms with Gasteiger partial charge in [-0.15, -0.1) is 12.4 Å². The van der Waals surface area contributed by atoms with Crippen LogP contribution in [0.3, 0.4) is 0 Å². The van der Waals surface area contributed by atoms with Gasteiger partial charge in [0.15, 0.2) is 0 Å². The van der Waals surface area contributed by atoms with E-state index in [1.807, 2.05) is 13.8 Å². The lowest BCUT2D eigenvalue weighted by molar-refractivity contribution is -0.0517. The first kappa shape index (κ1) is 21.0. The molecule has 22 heavy (non-hydrogen) atoms. The SMILES string of the molecule is CCC(N)(CC)CNS(=O)(=O)c1ccccc1OC(F)F.Cl. The molecule has 0 bridgehead atoms. The van der Waals surface area contributed by atoms with Crippen molar-refractivity contribution in [2.24, 2.45) is 5.73 Å². The van der Waals surface area contributed by atoms with E-state index < -0.39 is 27.9 Å². The maximum atomic E-state index is 12.3. The molecule has 0 aliphatic heterocycles. The van der Waals surface area contributed by atoms with Crippen molar-refractivity contribution in [2.75, 3.05) is 6.54 Å². The lowest BCUT2D eigenvalue weighted by atomic mass is 9.95. The fourth-order valence-corrected chi connectivity index (χ4v) is 2.95. The second-order valence-electron chi connectivity index (χ2n) is 4.72. The number of halogens is 3. The number of hydrogen-bond acceptors (Lipinski definition) is 4. The molecular weight excluding hydrogens is 338 g/mol. The molecule has 0 saturated carbocycles. The number of hydrogen-bond donors (Lipinski definition) is 2. The molecule has 1 aromatic carbocycles. The van der Waals surface area contributed by atoms with Gasteiger partial charge >= 0.3 is 6.61 Å². The van der Waals surface area contributed by atoms with Crippen LogP contribution >= 0.6 is 12.4 Å². The molecule has 0 fully saturated rings. The van der Waals surface area contributed by atoms with Crippen molar-refractivity contribution < 1.29 is 21.9 Å². The highest BCUT2D eigenvalue weighted by molar-refractivity contribution is 7.89. The van der Waals surface area contributed by atoms with Crippen molar-refractivity contribution in [1.29, 1.82) is 0 Å². The second kappa shape index (κ2) is 8.61. The Morgan fingerprint density at radius 1 is 1.27 bits per heavy atom. The molecule has 9 heteroatoms. The zero-order chi connectivity index (χ0) is 16.1. The van der Waals surface area contributed by atoms with Crippen molar-refractivity contribution in [3.05, 3.63) is 24.3 Å². The lowest BCUT2D eigenvalue weighted by Crippen LogP contribution is -2.49. The molecule has 0 spiro atoms. The molecule has 128 valence electrons. The summed E-state index contributed by atoms with van der Waals surface area (Å²) in [4.78, 5) is -0.333. The first-order chi connectivity index (χ1) is 9.74. The zero-order valence-corrected chi connectivity index (χ0v) is 14.0. The number of para-hydroxylation sites is 1. The second-order valence-corrected chi connectivity index (χ2v) is 6.45. The van der Waals surface area contributed by atoms with E-state index in [4.69, 9.17) is 5.73 Å². The molecule has 0 aromatic heterocycles. The third kappa shape index (κ3) is 5.68. The van der Waals surface area contributed by atoms with E-state index in [0.717, 1.165) is 0 Å². The first-order valence-corrected chi connectivity index (χ1v) is 8.05. The van der Waals surface area contributed by atoms with E-state index in [1.165, 1.54) is 24.3 Å². The highest BCUT2D eigenvalue weighted by Gasteiger charge is 2.26. The van der Waals surface area contributed by atoms with Crippen LogP contribution in [0.5, 0.6) is 5.75 Å².